The molecule has 0 bridgehead atoms. The summed E-state index contributed by atoms with van der Waals surface area (Å²) in [7, 11) is 1.43. The van der Waals surface area contributed by atoms with E-state index < -0.39 is 18.0 Å². The number of nitrogens with one attached hydrogen (secondary N) is 3. The maximum Gasteiger partial charge on any atom is 0.420 e. The summed E-state index contributed by atoms with van der Waals surface area (Å²) in [6.45, 7) is 6.31. The number of carbonyl (C=O) groups excluding carboxylic acids is 3. The maximum absolute atomic E-state index is 13.3. The molecule has 5 N–H and O–H groups in total. The van der Waals surface area contributed by atoms with Gasteiger partial charge in [0.25, 0.3) is 0 Å². The van der Waals surface area contributed by atoms with E-state index in [-0.39, 0.29) is 55.4 Å². The number of nitrogens with two attached hydrogens (primary N) is 1. The third-order valence-corrected chi connectivity index (χ3v) is 7.37. The van der Waals surface area contributed by atoms with Crippen LogP contribution in [0.3, 0.4) is 0 Å². The highest BCUT2D eigenvalue weighted by atomic mass is 16.6. The van der Waals surface area contributed by atoms with Crippen LogP contribution in [0.2, 0.25) is 0 Å². The second-order valence-electron chi connectivity index (χ2n) is 10.7. The number of pyridine rings is 1. The van der Waals surface area contributed by atoms with Crippen molar-refractivity contribution in [2.24, 2.45) is 5.73 Å². The van der Waals surface area contributed by atoms with Gasteiger partial charge in [-0.05, 0) is 56.7 Å². The van der Waals surface area contributed by atoms with Gasteiger partial charge in [-0.2, -0.15) is 0 Å². The van der Waals surface area contributed by atoms with Crippen LogP contribution in [0.5, 0.6) is 11.5 Å². The third kappa shape index (κ3) is 8.57. The van der Waals surface area contributed by atoms with E-state index in [2.05, 4.69) is 22.2 Å². The normalized spacial score (nSPS) is 10.8. The molecule has 0 atom stereocenters. The van der Waals surface area contributed by atoms with Gasteiger partial charge >= 0.3 is 18.0 Å². The lowest BCUT2D eigenvalue weighted by Crippen LogP contribution is -2.36. The van der Waals surface area contributed by atoms with Gasteiger partial charge in [-0.25, -0.2) is 19.6 Å². The fraction of sp³-hybridized carbons (Fsp3) is 0.353. The van der Waals surface area contributed by atoms with E-state index in [0.717, 1.165) is 19.3 Å². The number of aryl methyl sites for hydroxylation is 1. The average molecular weight is 660 g/mol. The molecule has 0 aliphatic carbocycles. The smallest absolute Gasteiger partial charge is 0.420 e. The number of fused-ring (bicyclic) bond motifs is 1. The van der Waals surface area contributed by atoms with Gasteiger partial charge < -0.3 is 35.0 Å². The lowest BCUT2D eigenvalue weighted by Gasteiger charge is -2.21. The van der Waals surface area contributed by atoms with Crippen LogP contribution in [0.1, 0.15) is 66.8 Å². The highest BCUT2D eigenvalue weighted by molar-refractivity contribution is 6.09. The number of ether oxygens (including phenoxy) is 4. The number of esters is 2. The zero-order chi connectivity index (χ0) is 34.6. The molecule has 2 aromatic heterocycles. The molecule has 2 aromatic carbocycles. The van der Waals surface area contributed by atoms with E-state index in [1.54, 1.807) is 62.5 Å². The Bertz CT molecular complexity index is 1760. The van der Waals surface area contributed by atoms with Gasteiger partial charge in [-0.15, -0.1) is 0 Å². The lowest BCUT2D eigenvalue weighted by atomic mass is 10.0. The molecule has 2 heterocycles. The van der Waals surface area contributed by atoms with Gasteiger partial charge in [0.2, 0.25) is 0 Å². The lowest BCUT2D eigenvalue weighted by molar-refractivity contribution is -0.142. The summed E-state index contributed by atoms with van der Waals surface area (Å²) in [5.74, 6) is 0.0687. The summed E-state index contributed by atoms with van der Waals surface area (Å²) in [4.78, 5) is 51.6. The molecule has 48 heavy (non-hydrogen) atoms. The van der Waals surface area contributed by atoms with Crippen molar-refractivity contribution >= 4 is 46.4 Å². The number of hydrogen-bond donors (Lipinski definition) is 4. The topological polar surface area (TPSA) is 195 Å². The van der Waals surface area contributed by atoms with Crippen LogP contribution in [0, 0.1) is 12.3 Å². The van der Waals surface area contributed by atoms with Crippen LogP contribution in [0.25, 0.3) is 11.0 Å². The molecular formula is C34H41N7O7. The Morgan fingerprint density at radius 1 is 1.06 bits per heavy atom. The monoisotopic (exact) mass is 659 g/mol. The van der Waals surface area contributed by atoms with E-state index in [0.29, 0.717) is 39.7 Å². The maximum atomic E-state index is 13.3. The molecule has 0 radical (unpaired) electrons. The molecule has 1 amide bonds. The zero-order valence-electron chi connectivity index (χ0n) is 27.6. The second-order valence-corrected chi connectivity index (χ2v) is 10.7. The van der Waals surface area contributed by atoms with Crippen molar-refractivity contribution in [1.82, 2.24) is 15.0 Å². The second kappa shape index (κ2) is 16.8. The summed E-state index contributed by atoms with van der Waals surface area (Å²) in [6, 6.07) is 11.7. The number of amidine groups is 1. The SMILES string of the molecule is CCCCCOC(=O)c1ccc(NCc2nc3c(C)c(OC(=O)N(CCC(=O)OCC)c4ccccn4)ccc3[nH]2)c(OC)c1C(=N)N. The number of hydrogen-bond acceptors (Lipinski definition) is 11. The van der Waals surface area contributed by atoms with E-state index in [1.807, 2.05) is 0 Å². The number of H-pyrrole nitrogens is 1. The minimum atomic E-state index is -0.709. The van der Waals surface area contributed by atoms with Crippen LogP contribution in [0.4, 0.5) is 16.3 Å². The molecule has 4 aromatic rings. The Labute approximate surface area is 278 Å². The van der Waals surface area contributed by atoms with Crippen LogP contribution in [-0.4, -0.2) is 65.7 Å². The Hall–Kier alpha value is -5.66. The van der Waals surface area contributed by atoms with E-state index in [1.165, 1.54) is 12.0 Å². The van der Waals surface area contributed by atoms with E-state index in [9.17, 15) is 14.4 Å². The standard InChI is InChI=1S/C34H41N7O7/c1-5-7-10-19-47-33(43)22-12-13-24(31(45-4)29(22)32(35)36)38-20-26-39-23-14-15-25(21(3)30(23)40-26)48-34(44)41(18-16-28(42)46-6-2)27-11-8-9-17-37-27/h8-9,11-15,17,38H,5-7,10,16,18-20H2,1-4H3,(H3,35,36)(H,39,40). The molecule has 0 saturated heterocycles. The molecular weight excluding hydrogens is 618 g/mol. The highest BCUT2D eigenvalue weighted by Crippen LogP contribution is 2.33. The van der Waals surface area contributed by atoms with Gasteiger partial charge in [0.05, 0.1) is 61.1 Å². The van der Waals surface area contributed by atoms with Crippen molar-refractivity contribution in [3.8, 4) is 11.5 Å². The first-order chi connectivity index (χ1) is 23.2. The number of nitrogen functional groups attached to an aromatic ring is 1. The van der Waals surface area contributed by atoms with Crippen molar-refractivity contribution < 1.29 is 33.3 Å². The van der Waals surface area contributed by atoms with Crippen LogP contribution in [-0.2, 0) is 20.8 Å². The van der Waals surface area contributed by atoms with Crippen molar-refractivity contribution in [3.63, 3.8) is 0 Å². The largest absolute Gasteiger partial charge is 0.494 e. The fourth-order valence-corrected chi connectivity index (χ4v) is 4.98. The van der Waals surface area contributed by atoms with Crippen LogP contribution < -0.4 is 25.4 Å². The van der Waals surface area contributed by atoms with Crippen molar-refractivity contribution in [3.05, 3.63) is 71.2 Å². The number of aromatic amines is 1. The number of aromatic nitrogens is 3. The van der Waals surface area contributed by atoms with Crippen LogP contribution >= 0.6 is 0 Å². The number of rotatable bonds is 16. The molecule has 0 aliphatic rings. The number of carbonyl (C=O) groups is 3. The predicted molar refractivity (Wildman–Crippen MR) is 181 cm³/mol. The highest BCUT2D eigenvalue weighted by Gasteiger charge is 2.24. The Morgan fingerprint density at radius 3 is 2.56 bits per heavy atom. The molecule has 254 valence electrons. The first kappa shape index (κ1) is 35.2. The fourth-order valence-electron chi connectivity index (χ4n) is 4.98. The zero-order valence-corrected chi connectivity index (χ0v) is 27.6. The first-order valence-electron chi connectivity index (χ1n) is 15.7. The van der Waals surface area contributed by atoms with Gasteiger partial charge in [-0.3, -0.25) is 15.1 Å². The summed E-state index contributed by atoms with van der Waals surface area (Å²) in [5.41, 5.74) is 8.57. The number of amides is 1. The number of methoxy groups -OCH3 is 1. The number of imidazole rings is 1. The molecule has 0 aliphatic heterocycles. The van der Waals surface area contributed by atoms with Crippen molar-refractivity contribution in [2.75, 3.05) is 37.1 Å². The molecule has 0 spiro atoms. The summed E-state index contributed by atoms with van der Waals surface area (Å²) in [6.07, 6.45) is 3.49. The summed E-state index contributed by atoms with van der Waals surface area (Å²) >= 11 is 0. The number of anilines is 2. The molecule has 0 fully saturated rings. The Morgan fingerprint density at radius 2 is 1.88 bits per heavy atom. The van der Waals surface area contributed by atoms with E-state index in [4.69, 9.17) is 35.1 Å². The Kier molecular flexibility index (Phi) is 12.3. The van der Waals surface area contributed by atoms with Gasteiger partial charge in [0.15, 0.2) is 5.75 Å². The molecule has 14 nitrogen and oxygen atoms in total. The molecule has 0 unspecified atom stereocenters. The minimum absolute atomic E-state index is 0.0180. The van der Waals surface area contributed by atoms with Gasteiger partial charge in [-0.1, -0.05) is 25.8 Å². The Balaban J connectivity index is 1.51. The summed E-state index contributed by atoms with van der Waals surface area (Å²) < 4.78 is 21.8. The predicted octanol–water partition coefficient (Wildman–Crippen LogP) is 5.48. The molecule has 4 rings (SSSR count). The van der Waals surface area contributed by atoms with Crippen LogP contribution in [0.15, 0.2) is 48.7 Å². The number of unbranched alkanes of at least 4 members (excludes halogenated alkanes) is 2. The third-order valence-electron chi connectivity index (χ3n) is 7.37. The molecule has 14 heteroatoms. The van der Waals surface area contributed by atoms with Gasteiger partial charge in [0.1, 0.15) is 23.2 Å². The quantitative estimate of drug-likeness (QED) is 0.0515. The van der Waals surface area contributed by atoms with Crippen molar-refractivity contribution in [2.45, 2.75) is 53.0 Å². The van der Waals surface area contributed by atoms with E-state index >= 15 is 0 Å². The molecule has 0 saturated carbocycles. The first-order valence-corrected chi connectivity index (χ1v) is 15.7. The van der Waals surface area contributed by atoms with Crippen molar-refractivity contribution in [1.29, 1.82) is 5.41 Å². The number of benzene rings is 2. The van der Waals surface area contributed by atoms with Gasteiger partial charge in [0, 0.05) is 18.3 Å². The minimum Gasteiger partial charge on any atom is -0.494 e. The summed E-state index contributed by atoms with van der Waals surface area (Å²) in [5, 5.41) is 11.4. The average Bonchev–Trinajstić information content (AvgIpc) is 3.51. The number of nitrogens with zero attached hydrogens (tertiary/aromatic N) is 3.